The minimum Gasteiger partial charge on any atom is -0.357 e. The highest BCUT2D eigenvalue weighted by atomic mass is 32.2. The van der Waals surface area contributed by atoms with E-state index >= 15 is 0 Å². The van der Waals surface area contributed by atoms with Crippen molar-refractivity contribution < 1.29 is 4.79 Å². The van der Waals surface area contributed by atoms with Crippen LogP contribution < -0.4 is 10.6 Å². The molecule has 118 valence electrons. The van der Waals surface area contributed by atoms with Crippen molar-refractivity contribution in [3.8, 4) is 0 Å². The Morgan fingerprint density at radius 1 is 1.13 bits per heavy atom. The number of nitrogens with one attached hydrogen (secondary N) is 2. The van der Waals surface area contributed by atoms with Crippen molar-refractivity contribution in [3.63, 3.8) is 0 Å². The molecule has 4 heteroatoms. The zero-order chi connectivity index (χ0) is 16.2. The van der Waals surface area contributed by atoms with E-state index in [1.165, 1.54) is 22.9 Å². The second kappa shape index (κ2) is 6.92. The van der Waals surface area contributed by atoms with Crippen LogP contribution in [0.3, 0.4) is 0 Å². The Morgan fingerprint density at radius 3 is 2.48 bits per heavy atom. The van der Waals surface area contributed by atoms with Gasteiger partial charge in [-0.1, -0.05) is 60.6 Å². The fourth-order valence-electron chi connectivity index (χ4n) is 2.37. The summed E-state index contributed by atoms with van der Waals surface area (Å²) in [5.74, 6) is -0.0294. The SMILES string of the molecule is CCc1ccc(N[C@@H]2NC(=O)/C(=C/c3ccc(C)cc3)S2)cc1. The van der Waals surface area contributed by atoms with Crippen LogP contribution in [0.4, 0.5) is 5.69 Å². The number of carbonyl (C=O) groups excluding carboxylic acids is 1. The van der Waals surface area contributed by atoms with Crippen molar-refractivity contribution in [3.05, 3.63) is 70.1 Å². The Morgan fingerprint density at radius 2 is 1.83 bits per heavy atom. The van der Waals surface area contributed by atoms with Crippen LogP contribution in [-0.4, -0.2) is 11.4 Å². The number of aryl methyl sites for hydroxylation is 2. The molecule has 2 aromatic rings. The summed E-state index contributed by atoms with van der Waals surface area (Å²) >= 11 is 1.51. The van der Waals surface area contributed by atoms with E-state index in [2.05, 4.69) is 48.7 Å². The molecule has 1 atom stereocenters. The first-order valence-electron chi connectivity index (χ1n) is 7.75. The van der Waals surface area contributed by atoms with E-state index in [4.69, 9.17) is 0 Å². The number of thioether (sulfide) groups is 1. The average Bonchev–Trinajstić information content (AvgIpc) is 2.90. The molecule has 2 N–H and O–H groups in total. The second-order valence-electron chi connectivity index (χ2n) is 5.59. The molecule has 0 saturated carbocycles. The third-order valence-electron chi connectivity index (χ3n) is 3.77. The molecule has 1 aliphatic rings. The number of hydrogen-bond donors (Lipinski definition) is 2. The summed E-state index contributed by atoms with van der Waals surface area (Å²) < 4.78 is 0. The Kier molecular flexibility index (Phi) is 4.72. The van der Waals surface area contributed by atoms with Crippen LogP contribution in [0.1, 0.15) is 23.6 Å². The number of benzene rings is 2. The summed E-state index contributed by atoms with van der Waals surface area (Å²) in [6.07, 6.45) is 2.96. The van der Waals surface area contributed by atoms with Crippen molar-refractivity contribution in [2.24, 2.45) is 0 Å². The highest BCUT2D eigenvalue weighted by Crippen LogP contribution is 2.30. The lowest BCUT2D eigenvalue weighted by molar-refractivity contribution is -0.116. The molecule has 0 spiro atoms. The second-order valence-corrected chi connectivity index (χ2v) is 6.73. The quantitative estimate of drug-likeness (QED) is 0.830. The van der Waals surface area contributed by atoms with E-state index in [0.29, 0.717) is 0 Å². The zero-order valence-corrected chi connectivity index (χ0v) is 14.1. The smallest absolute Gasteiger partial charge is 0.260 e. The minimum absolute atomic E-state index is 0.0294. The van der Waals surface area contributed by atoms with Gasteiger partial charge in [-0.3, -0.25) is 4.79 Å². The molecule has 0 unspecified atom stereocenters. The van der Waals surface area contributed by atoms with Gasteiger partial charge in [-0.2, -0.15) is 0 Å². The van der Waals surface area contributed by atoms with E-state index in [1.807, 2.05) is 30.3 Å². The first-order valence-corrected chi connectivity index (χ1v) is 8.63. The van der Waals surface area contributed by atoms with E-state index in [0.717, 1.165) is 22.6 Å². The molecule has 0 bridgehead atoms. The van der Waals surface area contributed by atoms with E-state index in [9.17, 15) is 4.79 Å². The van der Waals surface area contributed by atoms with Gasteiger partial charge in [0.25, 0.3) is 5.91 Å². The van der Waals surface area contributed by atoms with E-state index in [-0.39, 0.29) is 11.4 Å². The summed E-state index contributed by atoms with van der Waals surface area (Å²) in [5, 5.41) is 6.29. The Bertz CT molecular complexity index is 720. The first kappa shape index (κ1) is 15.7. The van der Waals surface area contributed by atoms with Gasteiger partial charge in [0.1, 0.15) is 0 Å². The molecule has 1 fully saturated rings. The molecule has 1 amide bonds. The molecular weight excluding hydrogens is 304 g/mol. The van der Waals surface area contributed by atoms with Crippen LogP contribution in [0, 0.1) is 6.92 Å². The zero-order valence-electron chi connectivity index (χ0n) is 13.3. The van der Waals surface area contributed by atoms with Crippen LogP contribution >= 0.6 is 11.8 Å². The van der Waals surface area contributed by atoms with Crippen LogP contribution in [-0.2, 0) is 11.2 Å². The van der Waals surface area contributed by atoms with Gasteiger partial charge in [-0.25, -0.2) is 0 Å². The molecule has 0 aromatic heterocycles. The van der Waals surface area contributed by atoms with Gasteiger partial charge in [0.15, 0.2) is 5.50 Å². The third kappa shape index (κ3) is 3.96. The van der Waals surface area contributed by atoms with Gasteiger partial charge in [0.2, 0.25) is 0 Å². The Balaban J connectivity index is 1.67. The summed E-state index contributed by atoms with van der Waals surface area (Å²) in [7, 11) is 0. The largest absolute Gasteiger partial charge is 0.357 e. The number of rotatable bonds is 4. The topological polar surface area (TPSA) is 41.1 Å². The van der Waals surface area contributed by atoms with Crippen LogP contribution in [0.5, 0.6) is 0 Å². The molecule has 1 aliphatic heterocycles. The maximum atomic E-state index is 12.1. The molecule has 3 rings (SSSR count). The molecule has 23 heavy (non-hydrogen) atoms. The molecule has 0 radical (unpaired) electrons. The molecule has 1 saturated heterocycles. The van der Waals surface area contributed by atoms with Crippen LogP contribution in [0.2, 0.25) is 0 Å². The fourth-order valence-corrected chi connectivity index (χ4v) is 3.35. The highest BCUT2D eigenvalue weighted by Gasteiger charge is 2.26. The maximum absolute atomic E-state index is 12.1. The monoisotopic (exact) mass is 324 g/mol. The standard InChI is InChI=1S/C19H20N2OS/c1-3-14-8-10-16(11-9-14)20-19-21-18(22)17(23-19)12-15-6-4-13(2)5-7-15/h4-12,19-20H,3H2,1-2H3,(H,21,22)/b17-12-/t19-/m1/s1. The number of hydrogen-bond acceptors (Lipinski definition) is 3. The van der Waals surface area contributed by atoms with Gasteiger partial charge in [0.05, 0.1) is 4.91 Å². The normalized spacial score (nSPS) is 19.0. The molecule has 0 aliphatic carbocycles. The third-order valence-corrected chi connectivity index (χ3v) is 4.79. The predicted molar refractivity (Wildman–Crippen MR) is 98.1 cm³/mol. The van der Waals surface area contributed by atoms with E-state index < -0.39 is 0 Å². The fraction of sp³-hybridized carbons (Fsp3) is 0.211. The van der Waals surface area contributed by atoms with Crippen molar-refractivity contribution >= 4 is 29.4 Å². The predicted octanol–water partition coefficient (Wildman–Crippen LogP) is 4.16. The maximum Gasteiger partial charge on any atom is 0.260 e. The van der Waals surface area contributed by atoms with Crippen molar-refractivity contribution in [2.45, 2.75) is 25.8 Å². The average molecular weight is 324 g/mol. The molecule has 1 heterocycles. The molecule has 2 aromatic carbocycles. The van der Waals surface area contributed by atoms with Gasteiger partial charge in [0, 0.05) is 5.69 Å². The van der Waals surface area contributed by atoms with Crippen molar-refractivity contribution in [1.82, 2.24) is 5.32 Å². The number of amides is 1. The summed E-state index contributed by atoms with van der Waals surface area (Å²) in [4.78, 5) is 12.8. The number of carbonyl (C=O) groups is 1. The van der Waals surface area contributed by atoms with Gasteiger partial charge >= 0.3 is 0 Å². The van der Waals surface area contributed by atoms with Gasteiger partial charge < -0.3 is 10.6 Å². The van der Waals surface area contributed by atoms with Crippen molar-refractivity contribution in [1.29, 1.82) is 0 Å². The van der Waals surface area contributed by atoms with Gasteiger partial charge in [-0.05, 0) is 42.7 Å². The first-order chi connectivity index (χ1) is 11.1. The summed E-state index contributed by atoms with van der Waals surface area (Å²) in [6, 6.07) is 16.5. The van der Waals surface area contributed by atoms with Gasteiger partial charge in [-0.15, -0.1) is 0 Å². The van der Waals surface area contributed by atoms with E-state index in [1.54, 1.807) is 0 Å². The van der Waals surface area contributed by atoms with Crippen molar-refractivity contribution in [2.75, 3.05) is 5.32 Å². The highest BCUT2D eigenvalue weighted by molar-refractivity contribution is 8.05. The molecule has 3 nitrogen and oxygen atoms in total. The Hall–Kier alpha value is -2.20. The number of anilines is 1. The minimum atomic E-state index is -0.133. The lowest BCUT2D eigenvalue weighted by Gasteiger charge is -2.12. The molecular formula is C19H20N2OS. The van der Waals surface area contributed by atoms with Crippen LogP contribution in [0.25, 0.3) is 6.08 Å². The Labute approximate surface area is 141 Å². The summed E-state index contributed by atoms with van der Waals surface area (Å²) in [5.41, 5.74) is 4.44. The lowest BCUT2D eigenvalue weighted by atomic mass is 10.1. The summed E-state index contributed by atoms with van der Waals surface area (Å²) in [6.45, 7) is 4.19. The van der Waals surface area contributed by atoms with Crippen LogP contribution in [0.15, 0.2) is 53.4 Å². The lowest BCUT2D eigenvalue weighted by Crippen LogP contribution is -2.30.